The van der Waals surface area contributed by atoms with Crippen LogP contribution in [0.2, 0.25) is 0 Å². The Hall–Kier alpha value is -2.37. The van der Waals surface area contributed by atoms with Crippen molar-refractivity contribution in [3.63, 3.8) is 0 Å². The number of carbonyl (C=O) groups is 1. The fourth-order valence-corrected chi connectivity index (χ4v) is 1.21. The Morgan fingerprint density at radius 2 is 2.25 bits per heavy atom. The molecular weight excluding hydrogens is 213 g/mol. The molecule has 1 amide bonds. The van der Waals surface area contributed by atoms with Crippen LogP contribution in [0.15, 0.2) is 35.2 Å². The van der Waals surface area contributed by atoms with Crippen LogP contribution in [0.3, 0.4) is 0 Å². The first-order valence-electron chi connectivity index (χ1n) is 4.42. The zero-order valence-corrected chi connectivity index (χ0v) is 8.11. The second-order valence-corrected chi connectivity index (χ2v) is 3.14. The molecule has 0 bridgehead atoms. The van der Waals surface area contributed by atoms with Crippen LogP contribution < -0.4 is 11.1 Å². The Bertz CT molecular complexity index is 491. The van der Waals surface area contributed by atoms with E-state index in [0.29, 0.717) is 5.69 Å². The first-order chi connectivity index (χ1) is 7.65. The van der Waals surface area contributed by atoms with Crippen molar-refractivity contribution >= 4 is 17.3 Å². The largest absolute Gasteiger partial charge is 0.399 e. The summed E-state index contributed by atoms with van der Waals surface area (Å²) in [6.45, 7) is 0. The summed E-state index contributed by atoms with van der Waals surface area (Å²) in [7, 11) is 0. The first kappa shape index (κ1) is 10.2. The molecule has 0 unspecified atom stereocenters. The molecule has 2 aromatic rings. The van der Waals surface area contributed by atoms with Crippen LogP contribution in [0.5, 0.6) is 0 Å². The Morgan fingerprint density at radius 1 is 1.44 bits per heavy atom. The molecular formula is C10H8FN3O2. The summed E-state index contributed by atoms with van der Waals surface area (Å²) in [6, 6.07) is 3.61. The number of aromatic nitrogens is 1. The van der Waals surface area contributed by atoms with Gasteiger partial charge in [-0.2, -0.15) is 0 Å². The van der Waals surface area contributed by atoms with E-state index in [1.54, 1.807) is 0 Å². The van der Waals surface area contributed by atoms with Crippen molar-refractivity contribution in [2.75, 3.05) is 11.1 Å². The van der Waals surface area contributed by atoms with Gasteiger partial charge in [0.25, 0.3) is 5.91 Å². The highest BCUT2D eigenvalue weighted by molar-refractivity contribution is 6.04. The predicted molar refractivity (Wildman–Crippen MR) is 55.3 cm³/mol. The molecule has 3 N–H and O–H groups in total. The maximum Gasteiger partial charge on any atom is 0.255 e. The number of anilines is 2. The molecule has 1 aromatic carbocycles. The molecule has 1 heterocycles. The van der Waals surface area contributed by atoms with Crippen molar-refractivity contribution in [1.29, 1.82) is 0 Å². The van der Waals surface area contributed by atoms with Gasteiger partial charge in [-0.3, -0.25) is 4.79 Å². The maximum absolute atomic E-state index is 13.0. The van der Waals surface area contributed by atoms with Crippen LogP contribution in [0.25, 0.3) is 0 Å². The van der Waals surface area contributed by atoms with Gasteiger partial charge in [0, 0.05) is 11.3 Å². The number of hydrogen-bond donors (Lipinski definition) is 2. The first-order valence-corrected chi connectivity index (χ1v) is 4.42. The number of nitrogens with zero attached hydrogens (tertiary/aromatic N) is 1. The van der Waals surface area contributed by atoms with Crippen molar-refractivity contribution in [2.24, 2.45) is 0 Å². The van der Waals surface area contributed by atoms with E-state index in [0.717, 1.165) is 12.1 Å². The number of halogens is 1. The van der Waals surface area contributed by atoms with Gasteiger partial charge in [-0.05, 0) is 18.2 Å². The topological polar surface area (TPSA) is 81.2 Å². The van der Waals surface area contributed by atoms with Gasteiger partial charge in [-0.1, -0.05) is 5.16 Å². The molecule has 0 saturated heterocycles. The lowest BCUT2D eigenvalue weighted by molar-refractivity contribution is 0.102. The summed E-state index contributed by atoms with van der Waals surface area (Å²) in [5.41, 5.74) is 6.14. The lowest BCUT2D eigenvalue weighted by atomic mass is 10.2. The summed E-state index contributed by atoms with van der Waals surface area (Å²) in [5.74, 6) is -1.04. The van der Waals surface area contributed by atoms with Gasteiger partial charge < -0.3 is 15.6 Å². The molecule has 2 rings (SSSR count). The molecule has 0 aliphatic heterocycles. The standard InChI is InChI=1S/C10H8FN3O2/c11-7-1-6(2-8(12)3-7)10(15)14-9-4-13-16-5-9/h1-5H,12H2,(H,14,15). The monoisotopic (exact) mass is 221 g/mol. The van der Waals surface area contributed by atoms with Crippen molar-refractivity contribution < 1.29 is 13.7 Å². The van der Waals surface area contributed by atoms with Gasteiger partial charge in [-0.15, -0.1) is 0 Å². The Kier molecular flexibility index (Phi) is 2.55. The van der Waals surface area contributed by atoms with Gasteiger partial charge in [-0.25, -0.2) is 4.39 Å². The zero-order chi connectivity index (χ0) is 11.5. The van der Waals surface area contributed by atoms with E-state index in [1.807, 2.05) is 0 Å². The Labute approximate surface area is 90.0 Å². The van der Waals surface area contributed by atoms with Crippen molar-refractivity contribution in [1.82, 2.24) is 5.16 Å². The molecule has 0 atom stereocenters. The SMILES string of the molecule is Nc1cc(F)cc(C(=O)Nc2cnoc2)c1. The van der Waals surface area contributed by atoms with Gasteiger partial charge in [0.1, 0.15) is 17.8 Å². The third-order valence-electron chi connectivity index (χ3n) is 1.87. The highest BCUT2D eigenvalue weighted by atomic mass is 19.1. The summed E-state index contributed by atoms with van der Waals surface area (Å²) >= 11 is 0. The van der Waals surface area contributed by atoms with Crippen LogP contribution >= 0.6 is 0 Å². The molecule has 0 aliphatic carbocycles. The molecule has 0 aliphatic rings. The van der Waals surface area contributed by atoms with E-state index in [2.05, 4.69) is 15.0 Å². The number of benzene rings is 1. The number of nitrogens with two attached hydrogens (primary N) is 1. The summed E-state index contributed by atoms with van der Waals surface area (Å²) in [5, 5.41) is 5.89. The van der Waals surface area contributed by atoms with Crippen LogP contribution in [-0.2, 0) is 0 Å². The lowest BCUT2D eigenvalue weighted by Gasteiger charge is -2.03. The van der Waals surface area contributed by atoms with Gasteiger partial charge >= 0.3 is 0 Å². The second kappa shape index (κ2) is 4.01. The number of rotatable bonds is 2. The van der Waals surface area contributed by atoms with Gasteiger partial charge in [0.2, 0.25) is 0 Å². The highest BCUT2D eigenvalue weighted by Crippen LogP contribution is 2.13. The molecule has 0 spiro atoms. The third-order valence-corrected chi connectivity index (χ3v) is 1.87. The average molecular weight is 221 g/mol. The molecule has 1 aromatic heterocycles. The van der Waals surface area contributed by atoms with Gasteiger partial charge in [0.05, 0.1) is 6.20 Å². The predicted octanol–water partition coefficient (Wildman–Crippen LogP) is 1.65. The van der Waals surface area contributed by atoms with Crippen LogP contribution in [0.4, 0.5) is 15.8 Å². The average Bonchev–Trinajstić information content (AvgIpc) is 2.68. The normalized spacial score (nSPS) is 10.1. The van der Waals surface area contributed by atoms with E-state index >= 15 is 0 Å². The summed E-state index contributed by atoms with van der Waals surface area (Å²) < 4.78 is 17.5. The minimum atomic E-state index is -0.560. The fraction of sp³-hybridized carbons (Fsp3) is 0. The Morgan fingerprint density at radius 3 is 2.88 bits per heavy atom. The molecule has 0 saturated carbocycles. The van der Waals surface area contributed by atoms with Crippen molar-refractivity contribution in [3.05, 3.63) is 42.0 Å². The quantitative estimate of drug-likeness (QED) is 0.755. The number of amides is 1. The molecule has 16 heavy (non-hydrogen) atoms. The van der Waals surface area contributed by atoms with Crippen molar-refractivity contribution in [3.8, 4) is 0 Å². The summed E-state index contributed by atoms with van der Waals surface area (Å²) in [6.07, 6.45) is 2.60. The molecule has 82 valence electrons. The zero-order valence-electron chi connectivity index (χ0n) is 8.11. The molecule has 6 heteroatoms. The third kappa shape index (κ3) is 2.17. The number of hydrogen-bond acceptors (Lipinski definition) is 4. The number of nitrogens with one attached hydrogen (secondary N) is 1. The minimum Gasteiger partial charge on any atom is -0.399 e. The highest BCUT2D eigenvalue weighted by Gasteiger charge is 2.09. The Balaban J connectivity index is 2.21. The minimum absolute atomic E-state index is 0.138. The van der Waals surface area contributed by atoms with E-state index in [-0.39, 0.29) is 11.3 Å². The van der Waals surface area contributed by atoms with E-state index in [1.165, 1.54) is 18.5 Å². The van der Waals surface area contributed by atoms with Crippen LogP contribution in [0, 0.1) is 5.82 Å². The molecule has 5 nitrogen and oxygen atoms in total. The second-order valence-electron chi connectivity index (χ2n) is 3.14. The van der Waals surface area contributed by atoms with E-state index < -0.39 is 11.7 Å². The maximum atomic E-state index is 13.0. The number of carbonyl (C=O) groups excluding carboxylic acids is 1. The van der Waals surface area contributed by atoms with Crippen molar-refractivity contribution in [2.45, 2.75) is 0 Å². The van der Waals surface area contributed by atoms with E-state index in [4.69, 9.17) is 5.73 Å². The number of nitrogen functional groups attached to an aromatic ring is 1. The van der Waals surface area contributed by atoms with Crippen LogP contribution in [0.1, 0.15) is 10.4 Å². The lowest BCUT2D eigenvalue weighted by Crippen LogP contribution is -2.12. The molecule has 0 radical (unpaired) electrons. The fourth-order valence-electron chi connectivity index (χ4n) is 1.21. The molecule has 0 fully saturated rings. The van der Waals surface area contributed by atoms with Gasteiger partial charge in [0.15, 0.2) is 0 Å². The summed E-state index contributed by atoms with van der Waals surface area (Å²) in [4.78, 5) is 11.6. The van der Waals surface area contributed by atoms with E-state index in [9.17, 15) is 9.18 Å². The van der Waals surface area contributed by atoms with Crippen LogP contribution in [-0.4, -0.2) is 11.1 Å². The smallest absolute Gasteiger partial charge is 0.255 e.